The first-order valence-electron chi connectivity index (χ1n) is 9.92. The molecule has 11 nitrogen and oxygen atoms in total. The lowest BCUT2D eigenvalue weighted by molar-refractivity contribution is 0.226. The number of hydrogen-bond acceptors (Lipinski definition) is 8. The lowest BCUT2D eigenvalue weighted by Crippen LogP contribution is -2.26. The summed E-state index contributed by atoms with van der Waals surface area (Å²) in [6.45, 7) is 1.65. The van der Waals surface area contributed by atoms with Crippen LogP contribution in [-0.4, -0.2) is 29.1 Å². The smallest absolute Gasteiger partial charge is 0.366 e. The average Bonchev–Trinajstić information content (AvgIpc) is 3.23. The molecule has 2 bridgehead atoms. The van der Waals surface area contributed by atoms with Gasteiger partial charge in [0.25, 0.3) is 0 Å². The van der Waals surface area contributed by atoms with Crippen LogP contribution in [0.4, 0.5) is 16.2 Å². The number of halogens is 1. The maximum Gasteiger partial charge on any atom is 0.366 e. The fourth-order valence-electron chi connectivity index (χ4n) is 4.05. The summed E-state index contributed by atoms with van der Waals surface area (Å²) >= 11 is 0. The number of aryl methyl sites for hydroxylation is 1. The number of nitrogens with zero attached hydrogens (tertiary/aromatic N) is 7. The molecule has 0 fully saturated rings. The summed E-state index contributed by atoms with van der Waals surface area (Å²) in [6.07, 6.45) is 0.797. The van der Waals surface area contributed by atoms with Gasteiger partial charge >= 0.3 is 5.69 Å². The molecule has 4 aromatic rings. The van der Waals surface area contributed by atoms with Gasteiger partial charge < -0.3 is 16.2 Å². The van der Waals surface area contributed by atoms with E-state index < -0.39 is 17.6 Å². The van der Waals surface area contributed by atoms with Crippen molar-refractivity contribution in [3.63, 3.8) is 0 Å². The summed E-state index contributed by atoms with van der Waals surface area (Å²) in [5.41, 5.74) is 14.0. The summed E-state index contributed by atoms with van der Waals surface area (Å²) in [7, 11) is 1.63. The minimum Gasteiger partial charge on any atom is -0.482 e. The summed E-state index contributed by atoms with van der Waals surface area (Å²) in [5.74, 6) is -0.196. The van der Waals surface area contributed by atoms with Crippen molar-refractivity contribution in [2.75, 3.05) is 11.5 Å². The van der Waals surface area contributed by atoms with Crippen molar-refractivity contribution >= 4 is 11.8 Å². The highest BCUT2D eigenvalue weighted by Crippen LogP contribution is 2.36. The fourth-order valence-corrected chi connectivity index (χ4v) is 4.05. The fraction of sp³-hybridized carbons (Fsp3) is 0.190. The molecule has 5 rings (SSSR count). The Balaban J connectivity index is 1.89. The first kappa shape index (κ1) is 20.3. The Morgan fingerprint density at radius 2 is 2.09 bits per heavy atom. The van der Waals surface area contributed by atoms with E-state index in [0.717, 1.165) is 0 Å². The molecule has 4 N–H and O–H groups in total. The number of anilines is 2. The molecule has 0 saturated heterocycles. The number of nitrogens with two attached hydrogens (primary N) is 2. The van der Waals surface area contributed by atoms with Crippen LogP contribution in [0.25, 0.3) is 16.8 Å². The quantitative estimate of drug-likeness (QED) is 0.411. The van der Waals surface area contributed by atoms with E-state index in [4.69, 9.17) is 16.2 Å². The Morgan fingerprint density at radius 3 is 2.85 bits per heavy atom. The molecule has 3 aromatic heterocycles. The number of aromatic nitrogens is 6. The van der Waals surface area contributed by atoms with Gasteiger partial charge in [-0.2, -0.15) is 15.3 Å². The number of ether oxygens (including phenoxy) is 1. The number of nitrogen functional groups attached to an aromatic ring is 2. The van der Waals surface area contributed by atoms with Crippen LogP contribution < -0.4 is 21.9 Å². The number of nitriles is 1. The van der Waals surface area contributed by atoms with Gasteiger partial charge in [-0.25, -0.2) is 23.5 Å². The molecule has 0 spiro atoms. The molecule has 1 aliphatic rings. The van der Waals surface area contributed by atoms with Gasteiger partial charge in [0.15, 0.2) is 11.6 Å². The van der Waals surface area contributed by atoms with Gasteiger partial charge in [0, 0.05) is 29.9 Å². The van der Waals surface area contributed by atoms with Crippen LogP contribution in [0.5, 0.6) is 5.75 Å². The third-order valence-corrected chi connectivity index (χ3v) is 5.54. The summed E-state index contributed by atoms with van der Waals surface area (Å²) in [5, 5.41) is 14.2. The normalized spacial score (nSPS) is 14.7. The van der Waals surface area contributed by atoms with E-state index in [2.05, 4.69) is 21.1 Å². The Morgan fingerprint density at radius 1 is 1.30 bits per heavy atom. The molecule has 166 valence electrons. The molecule has 0 unspecified atom stereocenters. The molecule has 33 heavy (non-hydrogen) atoms. The molecule has 0 radical (unpaired) electrons. The van der Waals surface area contributed by atoms with Crippen molar-refractivity contribution in [1.82, 2.24) is 29.1 Å². The second-order valence-corrected chi connectivity index (χ2v) is 7.60. The Hall–Kier alpha value is -4.66. The highest BCUT2D eigenvalue weighted by Gasteiger charge is 2.26. The Kier molecular flexibility index (Phi) is 4.42. The lowest BCUT2D eigenvalue weighted by Gasteiger charge is -2.22. The van der Waals surface area contributed by atoms with Gasteiger partial charge in [-0.05, 0) is 31.2 Å². The summed E-state index contributed by atoms with van der Waals surface area (Å²) in [6, 6.07) is 7.83. The number of rotatable bonds is 0. The number of pyridine rings is 1. The summed E-state index contributed by atoms with van der Waals surface area (Å²) < 4.78 is 24.4. The van der Waals surface area contributed by atoms with Crippen LogP contribution in [0.15, 0.2) is 35.3 Å². The Bertz CT molecular complexity index is 1530. The molecule has 0 amide bonds. The van der Waals surface area contributed by atoms with Crippen molar-refractivity contribution in [2.45, 2.75) is 19.6 Å². The lowest BCUT2D eigenvalue weighted by atomic mass is 10.0. The second-order valence-electron chi connectivity index (χ2n) is 7.60. The van der Waals surface area contributed by atoms with E-state index in [9.17, 15) is 14.4 Å². The zero-order valence-electron chi connectivity index (χ0n) is 17.7. The van der Waals surface area contributed by atoms with E-state index in [1.807, 2.05) is 0 Å². The van der Waals surface area contributed by atoms with Crippen LogP contribution in [0.1, 0.15) is 30.0 Å². The van der Waals surface area contributed by atoms with E-state index in [1.54, 1.807) is 20.0 Å². The van der Waals surface area contributed by atoms with E-state index >= 15 is 0 Å². The van der Waals surface area contributed by atoms with Crippen molar-refractivity contribution in [3.8, 4) is 28.6 Å². The third kappa shape index (κ3) is 3.09. The third-order valence-electron chi connectivity index (χ3n) is 5.54. The largest absolute Gasteiger partial charge is 0.482 e. The predicted molar refractivity (Wildman–Crippen MR) is 116 cm³/mol. The van der Waals surface area contributed by atoms with Crippen molar-refractivity contribution in [1.29, 1.82) is 5.26 Å². The molecule has 1 atom stereocenters. The molecule has 1 aromatic carbocycles. The maximum absolute atomic E-state index is 14.2. The van der Waals surface area contributed by atoms with Gasteiger partial charge in [-0.1, -0.05) is 0 Å². The van der Waals surface area contributed by atoms with E-state index in [1.165, 1.54) is 38.4 Å². The van der Waals surface area contributed by atoms with Gasteiger partial charge in [0.05, 0.1) is 17.9 Å². The molecule has 4 heterocycles. The molecular formula is C21H18FN9O2. The highest BCUT2D eigenvalue weighted by molar-refractivity contribution is 5.73. The van der Waals surface area contributed by atoms with Crippen LogP contribution >= 0.6 is 0 Å². The highest BCUT2D eigenvalue weighted by atomic mass is 19.1. The first-order chi connectivity index (χ1) is 15.8. The average molecular weight is 447 g/mol. The van der Waals surface area contributed by atoms with Gasteiger partial charge in [0.2, 0.25) is 5.95 Å². The van der Waals surface area contributed by atoms with E-state index in [-0.39, 0.29) is 29.8 Å². The minimum atomic E-state index is -0.705. The zero-order valence-corrected chi connectivity index (χ0v) is 17.7. The van der Waals surface area contributed by atoms with Crippen molar-refractivity contribution in [3.05, 3.63) is 63.7 Å². The molecule has 12 heteroatoms. The monoisotopic (exact) mass is 447 g/mol. The van der Waals surface area contributed by atoms with Crippen LogP contribution in [-0.2, 0) is 13.6 Å². The van der Waals surface area contributed by atoms with E-state index in [0.29, 0.717) is 28.1 Å². The first-order valence-corrected chi connectivity index (χ1v) is 9.92. The van der Waals surface area contributed by atoms with Gasteiger partial charge in [-0.15, -0.1) is 0 Å². The number of benzene rings is 1. The molecule has 0 aliphatic carbocycles. The SMILES string of the molecule is C[C@H]1Oc2cc(cnc2N)-c2c(nn(C)c2C#N)Cn2c(=O)nc(N)n2-c2ccc(F)cc21. The Labute approximate surface area is 186 Å². The van der Waals surface area contributed by atoms with Gasteiger partial charge in [-0.3, -0.25) is 4.68 Å². The summed E-state index contributed by atoms with van der Waals surface area (Å²) in [4.78, 5) is 20.9. The minimum absolute atomic E-state index is 0.0559. The molecular weight excluding hydrogens is 429 g/mol. The second kappa shape index (κ2) is 7.20. The van der Waals surface area contributed by atoms with Gasteiger partial charge in [0.1, 0.15) is 23.7 Å². The van der Waals surface area contributed by atoms with Crippen LogP contribution in [0.3, 0.4) is 0 Å². The number of hydrogen-bond donors (Lipinski definition) is 2. The predicted octanol–water partition coefficient (Wildman–Crippen LogP) is 1.51. The van der Waals surface area contributed by atoms with Crippen molar-refractivity contribution in [2.24, 2.45) is 7.05 Å². The molecule has 1 aliphatic heterocycles. The topological polar surface area (TPSA) is 156 Å². The van der Waals surface area contributed by atoms with Crippen LogP contribution in [0.2, 0.25) is 0 Å². The van der Waals surface area contributed by atoms with Crippen LogP contribution in [0, 0.1) is 17.1 Å². The van der Waals surface area contributed by atoms with Crippen molar-refractivity contribution < 1.29 is 9.13 Å². The maximum atomic E-state index is 14.2. The standard InChI is InChI=1S/C21H18FN9O2/c1-10-13-6-12(22)3-4-15(13)31-20(25)27-21(32)30(31)9-14-18(16(7-23)29(2)28-14)11-5-17(33-10)19(24)26-8-11/h3-6,8,10H,9H2,1-2H3,(H2,24,26)(H2,25,27,32)/t10-/m1/s1. The zero-order chi connectivity index (χ0) is 23.4. The molecule has 0 saturated carbocycles. The number of fused-ring (bicyclic) bond motifs is 7.